The summed E-state index contributed by atoms with van der Waals surface area (Å²) in [6.07, 6.45) is 1.73. The van der Waals surface area contributed by atoms with Crippen molar-refractivity contribution in [1.29, 1.82) is 5.26 Å². The van der Waals surface area contributed by atoms with E-state index in [0.29, 0.717) is 16.3 Å². The third-order valence-corrected chi connectivity index (χ3v) is 5.37. The maximum absolute atomic E-state index is 9.58. The highest BCUT2D eigenvalue weighted by atomic mass is 79.9. The van der Waals surface area contributed by atoms with E-state index in [4.69, 9.17) is 4.42 Å². The van der Waals surface area contributed by atoms with Gasteiger partial charge in [-0.05, 0) is 24.3 Å². The van der Waals surface area contributed by atoms with Gasteiger partial charge < -0.3 is 4.42 Å². The lowest BCUT2D eigenvalue weighted by Gasteiger charge is -1.97. The minimum absolute atomic E-state index is 0.484. The van der Waals surface area contributed by atoms with Gasteiger partial charge in [-0.3, -0.25) is 0 Å². The smallest absolute Gasteiger partial charge is 0.134 e. The lowest BCUT2D eigenvalue weighted by Crippen LogP contribution is -1.82. The number of rotatable bonds is 4. The second kappa shape index (κ2) is 7.75. The van der Waals surface area contributed by atoms with Crippen molar-refractivity contribution >= 4 is 38.9 Å². The standard InChI is InChI=1S/C22H13BrN2OS/c23-18-8-6-15(7-9-18)20-14-27-22(25-20)17(13-24)12-19-10-11-21(26-19)16-4-2-1-3-5-16/h1-12,14H/b17-12+. The molecule has 0 spiro atoms. The summed E-state index contributed by atoms with van der Waals surface area (Å²) in [5.41, 5.74) is 3.36. The average Bonchev–Trinajstić information content (AvgIpc) is 3.37. The van der Waals surface area contributed by atoms with Crippen LogP contribution in [0.2, 0.25) is 0 Å². The Hall–Kier alpha value is -2.94. The van der Waals surface area contributed by atoms with E-state index in [2.05, 4.69) is 27.0 Å². The van der Waals surface area contributed by atoms with Gasteiger partial charge in [0.05, 0.1) is 11.3 Å². The predicted octanol–water partition coefficient (Wildman–Crippen LogP) is 6.90. The van der Waals surface area contributed by atoms with Gasteiger partial charge >= 0.3 is 0 Å². The fourth-order valence-corrected chi connectivity index (χ4v) is 3.68. The molecule has 0 bridgehead atoms. The summed E-state index contributed by atoms with van der Waals surface area (Å²) < 4.78 is 6.89. The molecule has 2 aromatic carbocycles. The van der Waals surface area contributed by atoms with Crippen molar-refractivity contribution in [3.05, 3.63) is 87.4 Å². The minimum Gasteiger partial charge on any atom is -0.457 e. The number of aromatic nitrogens is 1. The topological polar surface area (TPSA) is 49.8 Å². The Kier molecular flexibility index (Phi) is 5.01. The second-order valence-corrected chi connectivity index (χ2v) is 7.56. The summed E-state index contributed by atoms with van der Waals surface area (Å²) in [5, 5.41) is 12.2. The summed E-state index contributed by atoms with van der Waals surface area (Å²) in [7, 11) is 0. The summed E-state index contributed by atoms with van der Waals surface area (Å²) >= 11 is 4.88. The second-order valence-electron chi connectivity index (χ2n) is 5.78. The molecule has 27 heavy (non-hydrogen) atoms. The molecule has 2 aromatic heterocycles. The first-order valence-electron chi connectivity index (χ1n) is 8.22. The van der Waals surface area contributed by atoms with Crippen LogP contribution >= 0.6 is 27.3 Å². The van der Waals surface area contributed by atoms with Gasteiger partial charge in [0.1, 0.15) is 22.6 Å². The molecule has 4 aromatic rings. The Balaban J connectivity index is 1.62. The molecule has 0 atom stereocenters. The number of hydrogen-bond acceptors (Lipinski definition) is 4. The van der Waals surface area contributed by atoms with Crippen LogP contribution in [0.4, 0.5) is 0 Å². The Morgan fingerprint density at radius 3 is 2.52 bits per heavy atom. The van der Waals surface area contributed by atoms with Gasteiger partial charge in [0.25, 0.3) is 0 Å². The number of nitrogens with zero attached hydrogens (tertiary/aromatic N) is 2. The van der Waals surface area contributed by atoms with Gasteiger partial charge in [-0.25, -0.2) is 4.98 Å². The van der Waals surface area contributed by atoms with Crippen molar-refractivity contribution in [2.24, 2.45) is 0 Å². The molecule has 0 N–H and O–H groups in total. The van der Waals surface area contributed by atoms with E-state index in [1.54, 1.807) is 6.08 Å². The average molecular weight is 433 g/mol. The quantitative estimate of drug-likeness (QED) is 0.329. The van der Waals surface area contributed by atoms with Crippen LogP contribution in [0.3, 0.4) is 0 Å². The van der Waals surface area contributed by atoms with Crippen molar-refractivity contribution in [2.45, 2.75) is 0 Å². The molecule has 0 aliphatic heterocycles. The summed E-state index contributed by atoms with van der Waals surface area (Å²) in [6, 6.07) is 23.8. The van der Waals surface area contributed by atoms with Crippen LogP contribution < -0.4 is 0 Å². The SMILES string of the molecule is N#C/C(=C\c1ccc(-c2ccccc2)o1)c1nc(-c2ccc(Br)cc2)cs1. The van der Waals surface area contributed by atoms with Crippen LogP contribution in [0, 0.1) is 11.3 Å². The number of thiazole rings is 1. The number of hydrogen-bond donors (Lipinski definition) is 0. The van der Waals surface area contributed by atoms with Crippen LogP contribution in [-0.2, 0) is 0 Å². The highest BCUT2D eigenvalue weighted by molar-refractivity contribution is 9.10. The molecule has 130 valence electrons. The molecular weight excluding hydrogens is 420 g/mol. The molecule has 0 radical (unpaired) electrons. The van der Waals surface area contributed by atoms with E-state index in [-0.39, 0.29) is 0 Å². The summed E-state index contributed by atoms with van der Waals surface area (Å²) in [4.78, 5) is 4.61. The Morgan fingerprint density at radius 2 is 1.78 bits per heavy atom. The molecule has 2 heterocycles. The normalized spacial score (nSPS) is 11.3. The van der Waals surface area contributed by atoms with Gasteiger partial charge in [0.2, 0.25) is 0 Å². The molecule has 4 rings (SSSR count). The largest absolute Gasteiger partial charge is 0.457 e. The number of furan rings is 1. The number of nitriles is 1. The molecule has 3 nitrogen and oxygen atoms in total. The Morgan fingerprint density at radius 1 is 1.00 bits per heavy atom. The van der Waals surface area contributed by atoms with Crippen LogP contribution in [0.1, 0.15) is 10.8 Å². The molecule has 0 aliphatic carbocycles. The van der Waals surface area contributed by atoms with Crippen LogP contribution in [0.5, 0.6) is 0 Å². The predicted molar refractivity (Wildman–Crippen MR) is 113 cm³/mol. The zero-order chi connectivity index (χ0) is 18.6. The van der Waals surface area contributed by atoms with E-state index in [1.807, 2.05) is 72.1 Å². The van der Waals surface area contributed by atoms with E-state index in [0.717, 1.165) is 27.1 Å². The van der Waals surface area contributed by atoms with Gasteiger partial charge in [0, 0.05) is 27.1 Å². The minimum atomic E-state index is 0.484. The molecular formula is C22H13BrN2OS. The monoisotopic (exact) mass is 432 g/mol. The van der Waals surface area contributed by atoms with E-state index >= 15 is 0 Å². The molecule has 5 heteroatoms. The maximum atomic E-state index is 9.58. The van der Waals surface area contributed by atoms with Crippen molar-refractivity contribution in [3.63, 3.8) is 0 Å². The number of benzene rings is 2. The lowest BCUT2D eigenvalue weighted by molar-refractivity contribution is 0.572. The van der Waals surface area contributed by atoms with Crippen molar-refractivity contribution in [3.8, 4) is 28.7 Å². The molecule has 0 fully saturated rings. The molecule has 0 saturated heterocycles. The van der Waals surface area contributed by atoms with Crippen LogP contribution in [0.15, 0.2) is 81.0 Å². The third kappa shape index (κ3) is 3.92. The molecule has 0 saturated carbocycles. The zero-order valence-electron chi connectivity index (χ0n) is 14.1. The number of halogens is 1. The van der Waals surface area contributed by atoms with Crippen molar-refractivity contribution < 1.29 is 4.42 Å². The van der Waals surface area contributed by atoms with Gasteiger partial charge in [-0.2, -0.15) is 5.26 Å². The van der Waals surface area contributed by atoms with Gasteiger partial charge in [0.15, 0.2) is 0 Å². The Bertz CT molecular complexity index is 1140. The van der Waals surface area contributed by atoms with E-state index in [9.17, 15) is 5.26 Å². The first-order valence-corrected chi connectivity index (χ1v) is 9.89. The third-order valence-electron chi connectivity index (χ3n) is 3.97. The first kappa shape index (κ1) is 17.5. The summed E-state index contributed by atoms with van der Waals surface area (Å²) in [5.74, 6) is 1.40. The van der Waals surface area contributed by atoms with Gasteiger partial charge in [-0.15, -0.1) is 11.3 Å². The number of allylic oxidation sites excluding steroid dienone is 1. The highest BCUT2D eigenvalue weighted by Crippen LogP contribution is 2.29. The maximum Gasteiger partial charge on any atom is 0.134 e. The van der Waals surface area contributed by atoms with Gasteiger partial charge in [-0.1, -0.05) is 58.4 Å². The fraction of sp³-hybridized carbons (Fsp3) is 0. The van der Waals surface area contributed by atoms with Crippen LogP contribution in [-0.4, -0.2) is 4.98 Å². The fourth-order valence-electron chi connectivity index (χ4n) is 2.62. The first-order chi connectivity index (χ1) is 13.2. The summed E-state index contributed by atoms with van der Waals surface area (Å²) in [6.45, 7) is 0. The van der Waals surface area contributed by atoms with Crippen LogP contribution in [0.25, 0.3) is 34.2 Å². The molecule has 0 aliphatic rings. The van der Waals surface area contributed by atoms with E-state index in [1.165, 1.54) is 11.3 Å². The van der Waals surface area contributed by atoms with Crippen molar-refractivity contribution in [1.82, 2.24) is 4.98 Å². The Labute approximate surface area is 169 Å². The molecule has 0 amide bonds. The highest BCUT2D eigenvalue weighted by Gasteiger charge is 2.11. The lowest BCUT2D eigenvalue weighted by atomic mass is 10.2. The van der Waals surface area contributed by atoms with Crippen molar-refractivity contribution in [2.75, 3.05) is 0 Å². The zero-order valence-corrected chi connectivity index (χ0v) is 16.5. The molecule has 0 unspecified atom stereocenters. The van der Waals surface area contributed by atoms with E-state index < -0.39 is 0 Å².